The molecule has 0 aliphatic heterocycles. The topological polar surface area (TPSA) is 46.6 Å². The van der Waals surface area contributed by atoms with Crippen molar-refractivity contribution in [2.45, 2.75) is 13.8 Å². The molecular weight excluding hydrogens is 298 g/mol. The molecule has 0 radical (unpaired) electrons. The fourth-order valence-electron chi connectivity index (χ4n) is 1.30. The van der Waals surface area contributed by atoms with Crippen LogP contribution in [0.3, 0.4) is 0 Å². The molecule has 0 heterocycles. The van der Waals surface area contributed by atoms with Crippen LogP contribution >= 0.6 is 15.9 Å². The second-order valence-electron chi connectivity index (χ2n) is 3.43. The third-order valence-electron chi connectivity index (χ3n) is 2.09. The standard InChI is InChI=1S/C13H14BrNO3/c1-3-18-13(17)8-9-15(10(2)16)12-6-4-11(14)5-7-12/h4-9H,3H2,1-2H3/b9-8+. The number of hydrogen-bond acceptors (Lipinski definition) is 3. The van der Waals surface area contributed by atoms with Crippen molar-refractivity contribution < 1.29 is 14.3 Å². The molecule has 0 fully saturated rings. The molecule has 1 aromatic carbocycles. The van der Waals surface area contributed by atoms with Crippen molar-refractivity contribution in [1.29, 1.82) is 0 Å². The first-order chi connectivity index (χ1) is 8.54. The van der Waals surface area contributed by atoms with Crippen LogP contribution in [0.25, 0.3) is 0 Å². The molecule has 18 heavy (non-hydrogen) atoms. The zero-order valence-electron chi connectivity index (χ0n) is 10.2. The first-order valence-electron chi connectivity index (χ1n) is 5.45. The molecule has 96 valence electrons. The molecule has 0 N–H and O–H groups in total. The molecule has 1 amide bonds. The Balaban J connectivity index is 2.87. The van der Waals surface area contributed by atoms with E-state index >= 15 is 0 Å². The van der Waals surface area contributed by atoms with E-state index in [-0.39, 0.29) is 5.91 Å². The van der Waals surface area contributed by atoms with Crippen molar-refractivity contribution >= 4 is 33.5 Å². The summed E-state index contributed by atoms with van der Waals surface area (Å²) in [4.78, 5) is 24.1. The fourth-order valence-corrected chi connectivity index (χ4v) is 1.56. The van der Waals surface area contributed by atoms with E-state index in [4.69, 9.17) is 4.74 Å². The minimum Gasteiger partial charge on any atom is -0.463 e. The highest BCUT2D eigenvalue weighted by Gasteiger charge is 2.08. The molecular formula is C13H14BrNO3. The van der Waals surface area contributed by atoms with Gasteiger partial charge >= 0.3 is 5.97 Å². The summed E-state index contributed by atoms with van der Waals surface area (Å²) in [5.41, 5.74) is 0.686. The van der Waals surface area contributed by atoms with Crippen molar-refractivity contribution in [2.24, 2.45) is 0 Å². The van der Waals surface area contributed by atoms with Gasteiger partial charge in [-0.2, -0.15) is 0 Å². The van der Waals surface area contributed by atoms with Crippen molar-refractivity contribution in [3.8, 4) is 0 Å². The van der Waals surface area contributed by atoms with Crippen LogP contribution in [0.1, 0.15) is 13.8 Å². The van der Waals surface area contributed by atoms with Crippen LogP contribution < -0.4 is 4.90 Å². The maximum atomic E-state index is 11.5. The quantitative estimate of drug-likeness (QED) is 0.634. The van der Waals surface area contributed by atoms with Gasteiger partial charge in [-0.1, -0.05) is 15.9 Å². The summed E-state index contributed by atoms with van der Waals surface area (Å²) in [5.74, 6) is -0.654. The maximum Gasteiger partial charge on any atom is 0.332 e. The van der Waals surface area contributed by atoms with Gasteiger partial charge in [0.15, 0.2) is 0 Å². The molecule has 0 spiro atoms. The van der Waals surface area contributed by atoms with Crippen LogP contribution in [-0.2, 0) is 14.3 Å². The summed E-state index contributed by atoms with van der Waals surface area (Å²) in [6.45, 7) is 3.46. The highest BCUT2D eigenvalue weighted by molar-refractivity contribution is 9.10. The van der Waals surface area contributed by atoms with Crippen molar-refractivity contribution in [2.75, 3.05) is 11.5 Å². The summed E-state index contributed by atoms with van der Waals surface area (Å²) < 4.78 is 5.68. The summed E-state index contributed by atoms with van der Waals surface area (Å²) >= 11 is 3.32. The van der Waals surface area contributed by atoms with Gasteiger partial charge in [0.1, 0.15) is 0 Å². The zero-order valence-corrected chi connectivity index (χ0v) is 11.8. The van der Waals surface area contributed by atoms with Gasteiger partial charge in [-0.3, -0.25) is 9.69 Å². The van der Waals surface area contributed by atoms with Crippen LogP contribution in [0, 0.1) is 0 Å². The Kier molecular flexibility index (Phi) is 5.58. The Morgan fingerprint density at radius 1 is 1.33 bits per heavy atom. The molecule has 1 rings (SSSR count). The first-order valence-corrected chi connectivity index (χ1v) is 6.24. The number of ether oxygens (including phenoxy) is 1. The number of amides is 1. The second-order valence-corrected chi connectivity index (χ2v) is 4.35. The number of hydrogen-bond donors (Lipinski definition) is 0. The molecule has 5 heteroatoms. The smallest absolute Gasteiger partial charge is 0.332 e. The third kappa shape index (κ3) is 4.33. The second kappa shape index (κ2) is 6.96. The van der Waals surface area contributed by atoms with Gasteiger partial charge in [0.2, 0.25) is 5.91 Å². The van der Waals surface area contributed by atoms with Crippen LogP contribution in [0.5, 0.6) is 0 Å². The minimum absolute atomic E-state index is 0.183. The monoisotopic (exact) mass is 311 g/mol. The third-order valence-corrected chi connectivity index (χ3v) is 2.62. The molecule has 0 saturated heterocycles. The molecule has 0 unspecified atom stereocenters. The molecule has 0 aliphatic carbocycles. The van der Waals surface area contributed by atoms with E-state index in [0.717, 1.165) is 4.47 Å². The Morgan fingerprint density at radius 2 is 1.94 bits per heavy atom. The largest absolute Gasteiger partial charge is 0.463 e. The lowest BCUT2D eigenvalue weighted by Gasteiger charge is -2.16. The highest BCUT2D eigenvalue weighted by atomic mass is 79.9. The maximum absolute atomic E-state index is 11.5. The van der Waals surface area contributed by atoms with Crippen molar-refractivity contribution in [3.63, 3.8) is 0 Å². The van der Waals surface area contributed by atoms with Crippen molar-refractivity contribution in [3.05, 3.63) is 41.0 Å². The zero-order chi connectivity index (χ0) is 13.5. The molecule has 0 atom stereocenters. The summed E-state index contributed by atoms with van der Waals surface area (Å²) in [6, 6.07) is 7.20. The number of nitrogens with zero attached hydrogens (tertiary/aromatic N) is 1. The summed E-state index contributed by atoms with van der Waals surface area (Å²) in [5, 5.41) is 0. The van der Waals surface area contributed by atoms with Gasteiger partial charge in [0.25, 0.3) is 0 Å². The van der Waals surface area contributed by atoms with Gasteiger partial charge < -0.3 is 4.74 Å². The van der Waals surface area contributed by atoms with Gasteiger partial charge in [0, 0.05) is 29.4 Å². The molecule has 0 bridgehead atoms. The lowest BCUT2D eigenvalue weighted by atomic mass is 10.3. The highest BCUT2D eigenvalue weighted by Crippen LogP contribution is 2.18. The number of carbonyl (C=O) groups excluding carboxylic acids is 2. The van der Waals surface area contributed by atoms with Crippen molar-refractivity contribution in [1.82, 2.24) is 0 Å². The number of anilines is 1. The number of rotatable bonds is 4. The number of benzene rings is 1. The summed E-state index contributed by atoms with van der Waals surface area (Å²) in [6.07, 6.45) is 2.64. The Labute approximate surface area is 114 Å². The normalized spacial score (nSPS) is 10.4. The Bertz CT molecular complexity index is 454. The predicted octanol–water partition coefficient (Wildman–Crippen LogP) is 2.88. The average Bonchev–Trinajstić information content (AvgIpc) is 2.31. The van der Waals surface area contributed by atoms with Crippen LogP contribution in [-0.4, -0.2) is 18.5 Å². The lowest BCUT2D eigenvalue weighted by Crippen LogP contribution is -2.22. The fraction of sp³-hybridized carbons (Fsp3) is 0.231. The SMILES string of the molecule is CCOC(=O)/C=C/N(C(C)=O)c1ccc(Br)cc1. The molecule has 0 aromatic heterocycles. The minimum atomic E-state index is -0.471. The lowest BCUT2D eigenvalue weighted by molar-refractivity contribution is -0.137. The van der Waals surface area contributed by atoms with Gasteiger partial charge in [0.05, 0.1) is 6.61 Å². The molecule has 1 aromatic rings. The van der Waals surface area contributed by atoms with E-state index in [1.807, 2.05) is 12.1 Å². The van der Waals surface area contributed by atoms with E-state index in [0.29, 0.717) is 12.3 Å². The molecule has 0 saturated carbocycles. The molecule has 0 aliphatic rings. The van der Waals surface area contributed by atoms with E-state index in [1.54, 1.807) is 19.1 Å². The number of halogens is 1. The van der Waals surface area contributed by atoms with E-state index in [9.17, 15) is 9.59 Å². The average molecular weight is 312 g/mol. The first kappa shape index (κ1) is 14.4. The number of esters is 1. The van der Waals surface area contributed by atoms with Gasteiger partial charge in [-0.25, -0.2) is 4.79 Å². The van der Waals surface area contributed by atoms with Crippen LogP contribution in [0.4, 0.5) is 5.69 Å². The van der Waals surface area contributed by atoms with E-state index in [2.05, 4.69) is 15.9 Å². The van der Waals surface area contributed by atoms with E-state index < -0.39 is 5.97 Å². The molecule has 4 nitrogen and oxygen atoms in total. The summed E-state index contributed by atoms with van der Waals surface area (Å²) in [7, 11) is 0. The van der Waals surface area contributed by atoms with E-state index in [1.165, 1.54) is 24.1 Å². The van der Waals surface area contributed by atoms with Gasteiger partial charge in [-0.05, 0) is 31.2 Å². The Hall–Kier alpha value is -1.62. The predicted molar refractivity (Wildman–Crippen MR) is 73.1 cm³/mol. The Morgan fingerprint density at radius 3 is 2.44 bits per heavy atom. The van der Waals surface area contributed by atoms with Crippen LogP contribution in [0.2, 0.25) is 0 Å². The number of carbonyl (C=O) groups is 2. The van der Waals surface area contributed by atoms with Crippen LogP contribution in [0.15, 0.2) is 41.0 Å². The van der Waals surface area contributed by atoms with Gasteiger partial charge in [-0.15, -0.1) is 0 Å².